The summed E-state index contributed by atoms with van der Waals surface area (Å²) in [5.74, 6) is -0.0759. The summed E-state index contributed by atoms with van der Waals surface area (Å²) in [4.78, 5) is 15.7. The molecule has 0 fully saturated rings. The van der Waals surface area contributed by atoms with Gasteiger partial charge in [0.05, 0.1) is 6.61 Å². The SMILES string of the molecule is CCN(CC)CCOC(=O)C(OCC(C)C)(c1ccccc1)c1ccccc1.Cl. The summed E-state index contributed by atoms with van der Waals surface area (Å²) in [5.41, 5.74) is 0.306. The van der Waals surface area contributed by atoms with E-state index >= 15 is 0 Å². The number of esters is 1. The van der Waals surface area contributed by atoms with Crippen LogP contribution in [0.4, 0.5) is 0 Å². The largest absolute Gasteiger partial charge is 0.462 e. The van der Waals surface area contributed by atoms with Crippen molar-refractivity contribution < 1.29 is 14.3 Å². The number of carbonyl (C=O) groups excluding carboxylic acids is 1. The highest BCUT2D eigenvalue weighted by Gasteiger charge is 2.45. The van der Waals surface area contributed by atoms with Crippen molar-refractivity contribution >= 4 is 18.4 Å². The summed E-state index contributed by atoms with van der Waals surface area (Å²) in [6, 6.07) is 19.3. The van der Waals surface area contributed by atoms with E-state index in [9.17, 15) is 4.79 Å². The van der Waals surface area contributed by atoms with Crippen LogP contribution in [0.1, 0.15) is 38.8 Å². The molecular formula is C24H34ClNO3. The summed E-state index contributed by atoms with van der Waals surface area (Å²) in [7, 11) is 0. The van der Waals surface area contributed by atoms with E-state index in [0.717, 1.165) is 24.2 Å². The predicted octanol–water partition coefficient (Wildman–Crippen LogP) is 4.91. The van der Waals surface area contributed by atoms with Gasteiger partial charge in [-0.2, -0.15) is 0 Å². The van der Waals surface area contributed by atoms with E-state index in [1.54, 1.807) is 0 Å². The molecule has 0 unspecified atom stereocenters. The summed E-state index contributed by atoms with van der Waals surface area (Å²) < 4.78 is 12.1. The van der Waals surface area contributed by atoms with Crippen LogP contribution in [-0.2, 0) is 19.9 Å². The molecule has 29 heavy (non-hydrogen) atoms. The minimum atomic E-state index is -1.27. The third-order valence-electron chi connectivity index (χ3n) is 4.82. The number of nitrogens with zero attached hydrogens (tertiary/aromatic N) is 1. The van der Waals surface area contributed by atoms with Gasteiger partial charge in [0.15, 0.2) is 0 Å². The Hall–Kier alpha value is -1.88. The topological polar surface area (TPSA) is 38.8 Å². The van der Waals surface area contributed by atoms with Crippen molar-refractivity contribution in [1.29, 1.82) is 0 Å². The highest BCUT2D eigenvalue weighted by molar-refractivity contribution is 5.86. The monoisotopic (exact) mass is 419 g/mol. The Labute approximate surface area is 181 Å². The molecule has 0 aliphatic heterocycles. The Morgan fingerprint density at radius 1 is 0.931 bits per heavy atom. The Bertz CT molecular complexity index is 663. The minimum Gasteiger partial charge on any atom is -0.462 e. The molecule has 0 saturated heterocycles. The number of likely N-dealkylation sites (N-methyl/N-ethyl adjacent to an activating group) is 1. The predicted molar refractivity (Wildman–Crippen MR) is 120 cm³/mol. The highest BCUT2D eigenvalue weighted by Crippen LogP contribution is 2.35. The first-order chi connectivity index (χ1) is 13.5. The van der Waals surface area contributed by atoms with Crippen LogP contribution in [0.25, 0.3) is 0 Å². The summed E-state index contributed by atoms with van der Waals surface area (Å²) in [6.45, 7) is 11.7. The molecule has 0 atom stereocenters. The van der Waals surface area contributed by atoms with Crippen LogP contribution in [0.15, 0.2) is 60.7 Å². The first kappa shape index (κ1) is 25.2. The Morgan fingerprint density at radius 2 is 1.41 bits per heavy atom. The molecule has 2 rings (SSSR count). The number of halogens is 1. The lowest BCUT2D eigenvalue weighted by Crippen LogP contribution is -2.43. The lowest BCUT2D eigenvalue weighted by Gasteiger charge is -2.33. The highest BCUT2D eigenvalue weighted by atomic mass is 35.5. The molecule has 0 heterocycles. The van der Waals surface area contributed by atoms with E-state index in [1.807, 2.05) is 60.7 Å². The maximum atomic E-state index is 13.5. The molecular weight excluding hydrogens is 386 g/mol. The first-order valence-electron chi connectivity index (χ1n) is 10.2. The second kappa shape index (κ2) is 12.6. The summed E-state index contributed by atoms with van der Waals surface area (Å²) in [5, 5.41) is 0. The quantitative estimate of drug-likeness (QED) is 0.485. The molecule has 0 amide bonds. The Balaban J connectivity index is 0.00000420. The smallest absolute Gasteiger partial charge is 0.347 e. The van der Waals surface area contributed by atoms with Crippen LogP contribution in [0.5, 0.6) is 0 Å². The van der Waals surface area contributed by atoms with Crippen LogP contribution in [0, 0.1) is 5.92 Å². The average Bonchev–Trinajstić information content (AvgIpc) is 2.73. The fraction of sp³-hybridized carbons (Fsp3) is 0.458. The number of benzene rings is 2. The number of carbonyl (C=O) groups is 1. The molecule has 0 spiro atoms. The van der Waals surface area contributed by atoms with Crippen LogP contribution >= 0.6 is 12.4 Å². The lowest BCUT2D eigenvalue weighted by atomic mass is 9.85. The van der Waals surface area contributed by atoms with Crippen LogP contribution in [0.3, 0.4) is 0 Å². The molecule has 0 aromatic heterocycles. The van der Waals surface area contributed by atoms with Crippen molar-refractivity contribution in [1.82, 2.24) is 4.90 Å². The van der Waals surface area contributed by atoms with E-state index in [1.165, 1.54) is 0 Å². The van der Waals surface area contributed by atoms with Crippen LogP contribution < -0.4 is 0 Å². The molecule has 0 aliphatic carbocycles. The minimum absolute atomic E-state index is 0. The molecule has 0 N–H and O–H groups in total. The first-order valence-corrected chi connectivity index (χ1v) is 10.2. The van der Waals surface area contributed by atoms with E-state index in [0.29, 0.717) is 19.8 Å². The standard InChI is InChI=1S/C24H33NO3.ClH/c1-5-25(6-2)17-18-27-23(26)24(28-19-20(3)4,21-13-9-7-10-14-21)22-15-11-8-12-16-22;/h7-16,20H,5-6,17-19H2,1-4H3;1H. The Kier molecular flexibility index (Phi) is 11.0. The lowest BCUT2D eigenvalue weighted by molar-refractivity contribution is -0.170. The maximum Gasteiger partial charge on any atom is 0.347 e. The van der Waals surface area contributed by atoms with Gasteiger partial charge in [0.1, 0.15) is 6.61 Å². The van der Waals surface area contributed by atoms with Crippen molar-refractivity contribution in [3.05, 3.63) is 71.8 Å². The van der Waals surface area contributed by atoms with Crippen molar-refractivity contribution in [2.75, 3.05) is 32.8 Å². The molecule has 0 aliphatic rings. The number of hydrogen-bond donors (Lipinski definition) is 0. The van der Waals surface area contributed by atoms with E-state index < -0.39 is 5.60 Å². The van der Waals surface area contributed by atoms with Gasteiger partial charge in [0.2, 0.25) is 5.60 Å². The van der Waals surface area contributed by atoms with Crippen molar-refractivity contribution in [3.63, 3.8) is 0 Å². The zero-order chi connectivity index (χ0) is 20.4. The molecule has 0 saturated carbocycles. The maximum absolute atomic E-state index is 13.5. The fourth-order valence-corrected chi connectivity index (χ4v) is 3.17. The van der Waals surface area contributed by atoms with Gasteiger partial charge in [-0.1, -0.05) is 88.4 Å². The molecule has 4 nitrogen and oxygen atoms in total. The van der Waals surface area contributed by atoms with Crippen LogP contribution in [-0.4, -0.2) is 43.7 Å². The van der Waals surface area contributed by atoms with Crippen molar-refractivity contribution in [3.8, 4) is 0 Å². The van der Waals surface area contributed by atoms with Gasteiger partial charge in [-0.25, -0.2) is 4.79 Å². The van der Waals surface area contributed by atoms with Gasteiger partial charge in [0.25, 0.3) is 0 Å². The molecule has 5 heteroatoms. The Morgan fingerprint density at radius 3 is 1.83 bits per heavy atom. The average molecular weight is 420 g/mol. The van der Waals surface area contributed by atoms with Gasteiger partial charge in [0, 0.05) is 6.54 Å². The molecule has 2 aromatic rings. The van der Waals surface area contributed by atoms with Gasteiger partial charge >= 0.3 is 5.97 Å². The van der Waals surface area contributed by atoms with Gasteiger partial charge in [-0.3, -0.25) is 0 Å². The third kappa shape index (κ3) is 6.56. The van der Waals surface area contributed by atoms with Gasteiger partial charge < -0.3 is 14.4 Å². The third-order valence-corrected chi connectivity index (χ3v) is 4.82. The van der Waals surface area contributed by atoms with Crippen LogP contribution in [0.2, 0.25) is 0 Å². The molecule has 160 valence electrons. The second-order valence-electron chi connectivity index (χ2n) is 7.28. The normalized spacial score (nSPS) is 11.4. The van der Waals surface area contributed by atoms with Crippen molar-refractivity contribution in [2.45, 2.75) is 33.3 Å². The van der Waals surface area contributed by atoms with Gasteiger partial charge in [-0.15, -0.1) is 12.4 Å². The van der Waals surface area contributed by atoms with E-state index in [2.05, 4.69) is 32.6 Å². The fourth-order valence-electron chi connectivity index (χ4n) is 3.17. The van der Waals surface area contributed by atoms with E-state index in [-0.39, 0.29) is 24.3 Å². The zero-order valence-corrected chi connectivity index (χ0v) is 18.8. The van der Waals surface area contributed by atoms with Gasteiger partial charge in [-0.05, 0) is 30.1 Å². The number of rotatable bonds is 11. The molecule has 0 radical (unpaired) electrons. The molecule has 2 aromatic carbocycles. The number of ether oxygens (including phenoxy) is 2. The summed E-state index contributed by atoms with van der Waals surface area (Å²) in [6.07, 6.45) is 0. The molecule has 0 bridgehead atoms. The zero-order valence-electron chi connectivity index (χ0n) is 18.0. The van der Waals surface area contributed by atoms with E-state index in [4.69, 9.17) is 9.47 Å². The second-order valence-corrected chi connectivity index (χ2v) is 7.28. The van der Waals surface area contributed by atoms with Crippen molar-refractivity contribution in [2.24, 2.45) is 5.92 Å². The number of hydrogen-bond acceptors (Lipinski definition) is 4. The summed E-state index contributed by atoms with van der Waals surface area (Å²) >= 11 is 0.